The SMILES string of the molecule is CCCCCC[C@@H](NC(=O)c1ccccc1F)C(N)=O. The largest absolute Gasteiger partial charge is 0.368 e. The van der Waals surface area contributed by atoms with E-state index in [1.807, 2.05) is 0 Å². The maximum atomic E-state index is 13.5. The minimum Gasteiger partial charge on any atom is -0.368 e. The van der Waals surface area contributed by atoms with Crippen LogP contribution in [0.25, 0.3) is 0 Å². The molecule has 1 atom stereocenters. The number of nitrogens with two attached hydrogens (primary N) is 1. The number of nitrogens with one attached hydrogen (secondary N) is 1. The molecule has 0 spiro atoms. The first-order valence-electron chi connectivity index (χ1n) is 6.91. The second-order valence-electron chi connectivity index (χ2n) is 4.76. The molecule has 0 unspecified atom stereocenters. The summed E-state index contributed by atoms with van der Waals surface area (Å²) in [5.41, 5.74) is 5.19. The summed E-state index contributed by atoms with van der Waals surface area (Å²) in [5.74, 6) is -1.81. The molecule has 0 radical (unpaired) electrons. The molecule has 1 rings (SSSR count). The zero-order chi connectivity index (χ0) is 15.0. The van der Waals surface area contributed by atoms with Gasteiger partial charge < -0.3 is 11.1 Å². The number of halogens is 1. The predicted molar refractivity (Wildman–Crippen MR) is 75.6 cm³/mol. The molecule has 1 aromatic carbocycles. The van der Waals surface area contributed by atoms with Crippen LogP contribution in [0.1, 0.15) is 49.4 Å². The van der Waals surface area contributed by atoms with E-state index in [4.69, 9.17) is 5.73 Å². The van der Waals surface area contributed by atoms with Crippen molar-refractivity contribution in [2.45, 2.75) is 45.1 Å². The van der Waals surface area contributed by atoms with Crippen LogP contribution in [0.3, 0.4) is 0 Å². The van der Waals surface area contributed by atoms with Crippen molar-refractivity contribution in [3.05, 3.63) is 35.6 Å². The number of amides is 2. The molecule has 1 aromatic rings. The van der Waals surface area contributed by atoms with Crippen LogP contribution in [0.5, 0.6) is 0 Å². The summed E-state index contributed by atoms with van der Waals surface area (Å²) in [7, 11) is 0. The average molecular weight is 280 g/mol. The Morgan fingerprint density at radius 3 is 2.55 bits per heavy atom. The van der Waals surface area contributed by atoms with Gasteiger partial charge in [0.25, 0.3) is 5.91 Å². The Balaban J connectivity index is 2.59. The molecule has 0 aliphatic heterocycles. The number of hydrogen-bond donors (Lipinski definition) is 2. The molecule has 0 aliphatic rings. The van der Waals surface area contributed by atoms with E-state index >= 15 is 0 Å². The molecule has 20 heavy (non-hydrogen) atoms. The van der Waals surface area contributed by atoms with E-state index in [0.717, 1.165) is 25.7 Å². The zero-order valence-corrected chi connectivity index (χ0v) is 11.7. The monoisotopic (exact) mass is 280 g/mol. The Morgan fingerprint density at radius 1 is 1.25 bits per heavy atom. The van der Waals surface area contributed by atoms with E-state index in [1.165, 1.54) is 18.2 Å². The maximum Gasteiger partial charge on any atom is 0.254 e. The van der Waals surface area contributed by atoms with E-state index in [-0.39, 0.29) is 5.56 Å². The van der Waals surface area contributed by atoms with Gasteiger partial charge >= 0.3 is 0 Å². The fraction of sp³-hybridized carbons (Fsp3) is 0.467. The highest BCUT2D eigenvalue weighted by atomic mass is 19.1. The van der Waals surface area contributed by atoms with Crippen LogP contribution in [0.15, 0.2) is 24.3 Å². The average Bonchev–Trinajstić information content (AvgIpc) is 2.42. The molecule has 0 saturated heterocycles. The van der Waals surface area contributed by atoms with Crippen LogP contribution in [-0.2, 0) is 4.79 Å². The molecular weight excluding hydrogens is 259 g/mol. The summed E-state index contributed by atoms with van der Waals surface area (Å²) >= 11 is 0. The Labute approximate surface area is 118 Å². The second kappa shape index (κ2) is 8.30. The smallest absolute Gasteiger partial charge is 0.254 e. The van der Waals surface area contributed by atoms with E-state index < -0.39 is 23.7 Å². The topological polar surface area (TPSA) is 72.2 Å². The molecule has 2 amide bonds. The van der Waals surface area contributed by atoms with Crippen LogP contribution in [-0.4, -0.2) is 17.9 Å². The molecule has 3 N–H and O–H groups in total. The van der Waals surface area contributed by atoms with Gasteiger partial charge in [-0.25, -0.2) is 4.39 Å². The summed E-state index contributed by atoms with van der Waals surface area (Å²) in [4.78, 5) is 23.2. The van der Waals surface area contributed by atoms with Gasteiger partial charge in [0, 0.05) is 0 Å². The quantitative estimate of drug-likeness (QED) is 0.718. The van der Waals surface area contributed by atoms with Crippen molar-refractivity contribution in [1.82, 2.24) is 5.32 Å². The molecule has 4 nitrogen and oxygen atoms in total. The van der Waals surface area contributed by atoms with Crippen molar-refractivity contribution in [2.75, 3.05) is 0 Å². The van der Waals surface area contributed by atoms with Crippen LogP contribution in [0.4, 0.5) is 4.39 Å². The lowest BCUT2D eigenvalue weighted by molar-refractivity contribution is -0.120. The van der Waals surface area contributed by atoms with E-state index in [9.17, 15) is 14.0 Å². The Bertz CT molecular complexity index is 463. The van der Waals surface area contributed by atoms with Crippen molar-refractivity contribution >= 4 is 11.8 Å². The number of hydrogen-bond acceptors (Lipinski definition) is 2. The first kappa shape index (κ1) is 16.1. The Morgan fingerprint density at radius 2 is 1.95 bits per heavy atom. The fourth-order valence-electron chi connectivity index (χ4n) is 1.94. The van der Waals surface area contributed by atoms with E-state index in [1.54, 1.807) is 6.07 Å². The zero-order valence-electron chi connectivity index (χ0n) is 11.7. The van der Waals surface area contributed by atoms with E-state index in [2.05, 4.69) is 12.2 Å². The van der Waals surface area contributed by atoms with Gasteiger partial charge in [-0.2, -0.15) is 0 Å². The van der Waals surface area contributed by atoms with E-state index in [0.29, 0.717) is 6.42 Å². The number of unbranched alkanes of at least 4 members (excludes halogenated alkanes) is 3. The van der Waals surface area contributed by atoms with Gasteiger partial charge in [-0.15, -0.1) is 0 Å². The summed E-state index contributed by atoms with van der Waals surface area (Å²) in [6, 6.07) is 4.90. The molecule has 0 fully saturated rings. The summed E-state index contributed by atoms with van der Waals surface area (Å²) < 4.78 is 13.5. The summed E-state index contributed by atoms with van der Waals surface area (Å²) in [6.45, 7) is 2.09. The second-order valence-corrected chi connectivity index (χ2v) is 4.76. The first-order chi connectivity index (χ1) is 9.56. The highest BCUT2D eigenvalue weighted by molar-refractivity contribution is 5.97. The van der Waals surface area contributed by atoms with Gasteiger partial charge in [0.2, 0.25) is 5.91 Å². The number of benzene rings is 1. The highest BCUT2D eigenvalue weighted by Crippen LogP contribution is 2.09. The van der Waals surface area contributed by atoms with Gasteiger partial charge in [0.15, 0.2) is 0 Å². The van der Waals surface area contributed by atoms with Gasteiger partial charge in [0.1, 0.15) is 11.9 Å². The van der Waals surface area contributed by atoms with Gasteiger partial charge in [-0.1, -0.05) is 44.7 Å². The fourth-order valence-corrected chi connectivity index (χ4v) is 1.94. The number of primary amides is 1. The number of carbonyl (C=O) groups excluding carboxylic acids is 2. The molecule has 0 heterocycles. The minimum absolute atomic E-state index is 0.0766. The number of rotatable bonds is 8. The molecular formula is C15H21FN2O2. The lowest BCUT2D eigenvalue weighted by Gasteiger charge is -2.15. The molecule has 110 valence electrons. The third kappa shape index (κ3) is 4.99. The lowest BCUT2D eigenvalue weighted by atomic mass is 10.1. The summed E-state index contributed by atoms with van der Waals surface area (Å²) in [6.07, 6.45) is 4.43. The van der Waals surface area contributed by atoms with Crippen molar-refractivity contribution in [1.29, 1.82) is 0 Å². The van der Waals surface area contributed by atoms with Crippen LogP contribution < -0.4 is 11.1 Å². The van der Waals surface area contributed by atoms with Crippen molar-refractivity contribution < 1.29 is 14.0 Å². The molecule has 0 aliphatic carbocycles. The van der Waals surface area contributed by atoms with Gasteiger partial charge in [0.05, 0.1) is 5.56 Å². The van der Waals surface area contributed by atoms with Gasteiger partial charge in [-0.3, -0.25) is 9.59 Å². The van der Waals surface area contributed by atoms with Crippen molar-refractivity contribution in [2.24, 2.45) is 5.73 Å². The standard InChI is InChI=1S/C15H21FN2O2/c1-2-3-4-5-10-13(14(17)19)18-15(20)11-8-6-7-9-12(11)16/h6-9,13H,2-5,10H2,1H3,(H2,17,19)(H,18,20)/t13-/m1/s1. The van der Waals surface area contributed by atoms with Gasteiger partial charge in [-0.05, 0) is 18.6 Å². The number of carbonyl (C=O) groups is 2. The Hall–Kier alpha value is -1.91. The normalized spacial score (nSPS) is 11.9. The van der Waals surface area contributed by atoms with Crippen molar-refractivity contribution in [3.8, 4) is 0 Å². The Kier molecular flexibility index (Phi) is 6.70. The first-order valence-corrected chi connectivity index (χ1v) is 6.91. The third-order valence-corrected chi connectivity index (χ3v) is 3.11. The maximum absolute atomic E-state index is 13.5. The summed E-state index contributed by atoms with van der Waals surface area (Å²) in [5, 5.41) is 2.50. The predicted octanol–water partition coefficient (Wildman–Crippen LogP) is 2.38. The molecule has 0 bridgehead atoms. The van der Waals surface area contributed by atoms with Crippen LogP contribution >= 0.6 is 0 Å². The molecule has 0 aromatic heterocycles. The van der Waals surface area contributed by atoms with Crippen LogP contribution in [0, 0.1) is 5.82 Å². The highest BCUT2D eigenvalue weighted by Gasteiger charge is 2.20. The molecule has 5 heteroatoms. The van der Waals surface area contributed by atoms with Crippen molar-refractivity contribution in [3.63, 3.8) is 0 Å². The lowest BCUT2D eigenvalue weighted by Crippen LogP contribution is -2.44. The third-order valence-electron chi connectivity index (χ3n) is 3.11. The minimum atomic E-state index is -0.751. The molecule has 0 saturated carbocycles. The van der Waals surface area contributed by atoms with Crippen LogP contribution in [0.2, 0.25) is 0 Å².